The number of hydrogen-bond donors (Lipinski definition) is 0. The van der Waals surface area contributed by atoms with Crippen molar-refractivity contribution in [3.05, 3.63) is 17.5 Å². The normalized spacial score (nSPS) is 14.5. The molecule has 4 nitrogen and oxygen atoms in total. The summed E-state index contributed by atoms with van der Waals surface area (Å²) in [4.78, 5) is 13.7. The van der Waals surface area contributed by atoms with E-state index in [0.29, 0.717) is 18.2 Å². The lowest BCUT2D eigenvalue weighted by atomic mass is 10.2. The highest BCUT2D eigenvalue weighted by Gasteiger charge is 2.28. The summed E-state index contributed by atoms with van der Waals surface area (Å²) in [5.74, 6) is 3.27. The molecule has 1 aliphatic rings. The third-order valence-electron chi connectivity index (χ3n) is 2.69. The molecule has 1 fully saturated rings. The molecule has 1 aromatic heterocycles. The molecule has 1 aliphatic carbocycles. The number of amides is 1. The Morgan fingerprint density at radius 2 is 2.50 bits per heavy atom. The van der Waals surface area contributed by atoms with Crippen molar-refractivity contribution in [2.45, 2.75) is 19.8 Å². The van der Waals surface area contributed by atoms with E-state index in [1.54, 1.807) is 18.0 Å². The number of terminal acetylenes is 1. The first kappa shape index (κ1) is 10.7. The minimum Gasteiger partial charge on any atom is -0.351 e. The fourth-order valence-electron chi connectivity index (χ4n) is 1.58. The van der Waals surface area contributed by atoms with E-state index >= 15 is 0 Å². The average molecular weight is 218 g/mol. The minimum atomic E-state index is -0.153. The number of rotatable bonds is 4. The molecular weight excluding hydrogens is 204 g/mol. The maximum atomic E-state index is 12.1. The van der Waals surface area contributed by atoms with Gasteiger partial charge in [-0.15, -0.1) is 6.42 Å². The van der Waals surface area contributed by atoms with Crippen molar-refractivity contribution in [1.82, 2.24) is 10.1 Å². The van der Waals surface area contributed by atoms with Gasteiger partial charge in [0.05, 0.1) is 12.7 Å². The summed E-state index contributed by atoms with van der Waals surface area (Å²) in [6.45, 7) is 2.85. The highest BCUT2D eigenvalue weighted by molar-refractivity contribution is 5.92. The van der Waals surface area contributed by atoms with Crippen LogP contribution >= 0.6 is 0 Å². The second-order valence-electron chi connectivity index (χ2n) is 4.17. The molecule has 0 saturated heterocycles. The van der Waals surface area contributed by atoms with Crippen LogP contribution in [0.2, 0.25) is 0 Å². The lowest BCUT2D eigenvalue weighted by molar-refractivity contribution is 0.0727. The lowest BCUT2D eigenvalue weighted by Gasteiger charge is -2.18. The van der Waals surface area contributed by atoms with Crippen LogP contribution < -0.4 is 0 Å². The molecule has 0 bridgehead atoms. The largest absolute Gasteiger partial charge is 0.351 e. The first-order chi connectivity index (χ1) is 7.72. The molecule has 0 spiro atoms. The molecule has 0 N–H and O–H groups in total. The Labute approximate surface area is 94.6 Å². The van der Waals surface area contributed by atoms with E-state index in [-0.39, 0.29) is 5.91 Å². The van der Waals surface area contributed by atoms with Gasteiger partial charge in [0, 0.05) is 12.1 Å². The van der Waals surface area contributed by atoms with Crippen molar-refractivity contribution >= 4 is 5.91 Å². The first-order valence-corrected chi connectivity index (χ1v) is 5.36. The predicted molar refractivity (Wildman–Crippen MR) is 58.7 cm³/mol. The summed E-state index contributed by atoms with van der Waals surface area (Å²) < 4.78 is 4.95. The number of hydrogen-bond acceptors (Lipinski definition) is 3. The van der Waals surface area contributed by atoms with Crippen molar-refractivity contribution < 1.29 is 9.32 Å². The van der Waals surface area contributed by atoms with Crippen molar-refractivity contribution in [2.75, 3.05) is 13.1 Å². The second-order valence-corrected chi connectivity index (χ2v) is 4.17. The molecule has 16 heavy (non-hydrogen) atoms. The van der Waals surface area contributed by atoms with Gasteiger partial charge in [-0.3, -0.25) is 4.79 Å². The topological polar surface area (TPSA) is 46.3 Å². The van der Waals surface area contributed by atoms with Gasteiger partial charge >= 0.3 is 0 Å². The Bertz CT molecular complexity index is 426. The summed E-state index contributed by atoms with van der Waals surface area (Å²) in [7, 11) is 0. The molecular formula is C12H14N2O2. The van der Waals surface area contributed by atoms with E-state index < -0.39 is 0 Å². The predicted octanol–water partition coefficient (Wildman–Crippen LogP) is 1.47. The Morgan fingerprint density at radius 3 is 3.00 bits per heavy atom. The van der Waals surface area contributed by atoms with Gasteiger partial charge in [-0.05, 0) is 25.7 Å². The number of carbonyl (C=O) groups is 1. The molecule has 1 saturated carbocycles. The Morgan fingerprint density at radius 1 is 1.75 bits per heavy atom. The molecule has 4 heteroatoms. The fourth-order valence-corrected chi connectivity index (χ4v) is 1.58. The van der Waals surface area contributed by atoms with Crippen LogP contribution in [0.15, 0.2) is 10.7 Å². The smallest absolute Gasteiger partial charge is 0.293 e. The van der Waals surface area contributed by atoms with E-state index in [1.807, 2.05) is 0 Å². The summed E-state index contributed by atoms with van der Waals surface area (Å²) in [5, 5.41) is 3.61. The standard InChI is InChI=1S/C12H14N2O2/c1-3-6-14(8-10-4-5-10)12(15)11-9(2)7-13-16-11/h1,7,10H,4-6,8H2,2H3. The summed E-state index contributed by atoms with van der Waals surface area (Å²) in [6, 6.07) is 0. The van der Waals surface area contributed by atoms with E-state index in [2.05, 4.69) is 11.1 Å². The van der Waals surface area contributed by atoms with E-state index in [9.17, 15) is 4.79 Å². The van der Waals surface area contributed by atoms with Crippen molar-refractivity contribution in [1.29, 1.82) is 0 Å². The summed E-state index contributed by atoms with van der Waals surface area (Å²) in [6.07, 6.45) is 9.17. The molecule has 0 aromatic carbocycles. The number of carbonyl (C=O) groups excluding carboxylic acids is 1. The average Bonchev–Trinajstić information content (AvgIpc) is 2.98. The van der Waals surface area contributed by atoms with Crippen LogP contribution in [0.25, 0.3) is 0 Å². The Balaban J connectivity index is 2.10. The van der Waals surface area contributed by atoms with E-state index in [4.69, 9.17) is 10.9 Å². The van der Waals surface area contributed by atoms with Gasteiger partial charge in [0.2, 0.25) is 5.76 Å². The zero-order valence-electron chi connectivity index (χ0n) is 9.27. The Kier molecular flexibility index (Phi) is 2.95. The van der Waals surface area contributed by atoms with Crippen LogP contribution in [0.5, 0.6) is 0 Å². The monoisotopic (exact) mass is 218 g/mol. The van der Waals surface area contributed by atoms with E-state index in [1.165, 1.54) is 12.8 Å². The maximum absolute atomic E-state index is 12.1. The molecule has 1 amide bonds. The third kappa shape index (κ3) is 2.25. The number of aryl methyl sites for hydroxylation is 1. The molecule has 84 valence electrons. The zero-order chi connectivity index (χ0) is 11.5. The second kappa shape index (κ2) is 4.40. The summed E-state index contributed by atoms with van der Waals surface area (Å²) in [5.41, 5.74) is 0.753. The SMILES string of the molecule is C#CCN(CC1CC1)C(=O)c1oncc1C. The molecule has 0 radical (unpaired) electrons. The van der Waals surface area contributed by atoms with Crippen LogP contribution in [-0.4, -0.2) is 29.1 Å². The van der Waals surface area contributed by atoms with Crippen LogP contribution in [0.4, 0.5) is 0 Å². The van der Waals surface area contributed by atoms with Gasteiger partial charge in [0.1, 0.15) is 0 Å². The van der Waals surface area contributed by atoms with Crippen LogP contribution in [0.3, 0.4) is 0 Å². The molecule has 1 aromatic rings. The quantitative estimate of drug-likeness (QED) is 0.719. The fraction of sp³-hybridized carbons (Fsp3) is 0.500. The highest BCUT2D eigenvalue weighted by atomic mass is 16.5. The van der Waals surface area contributed by atoms with Crippen LogP contribution in [0.1, 0.15) is 29.0 Å². The lowest BCUT2D eigenvalue weighted by Crippen LogP contribution is -2.33. The Hall–Kier alpha value is -1.76. The van der Waals surface area contributed by atoms with Gasteiger partial charge < -0.3 is 9.42 Å². The molecule has 0 unspecified atom stereocenters. The molecule has 2 rings (SSSR count). The van der Waals surface area contributed by atoms with Gasteiger partial charge in [-0.1, -0.05) is 11.1 Å². The summed E-state index contributed by atoms with van der Waals surface area (Å²) >= 11 is 0. The van der Waals surface area contributed by atoms with Gasteiger partial charge in [-0.2, -0.15) is 0 Å². The molecule has 1 heterocycles. The number of aromatic nitrogens is 1. The third-order valence-corrected chi connectivity index (χ3v) is 2.69. The van der Waals surface area contributed by atoms with Gasteiger partial charge in [0.25, 0.3) is 5.91 Å². The van der Waals surface area contributed by atoms with Crippen LogP contribution in [0, 0.1) is 25.2 Å². The highest BCUT2D eigenvalue weighted by Crippen LogP contribution is 2.30. The van der Waals surface area contributed by atoms with Gasteiger partial charge in [-0.25, -0.2) is 0 Å². The van der Waals surface area contributed by atoms with Crippen LogP contribution in [-0.2, 0) is 0 Å². The molecule has 0 atom stereocenters. The van der Waals surface area contributed by atoms with Crippen molar-refractivity contribution in [3.8, 4) is 12.3 Å². The van der Waals surface area contributed by atoms with Gasteiger partial charge in [0.15, 0.2) is 0 Å². The number of nitrogens with zero attached hydrogens (tertiary/aromatic N) is 2. The molecule has 0 aliphatic heterocycles. The zero-order valence-corrected chi connectivity index (χ0v) is 9.27. The first-order valence-electron chi connectivity index (χ1n) is 5.36. The van der Waals surface area contributed by atoms with E-state index in [0.717, 1.165) is 12.1 Å². The minimum absolute atomic E-state index is 0.153. The van der Waals surface area contributed by atoms with Crippen molar-refractivity contribution in [3.63, 3.8) is 0 Å². The maximum Gasteiger partial charge on any atom is 0.293 e. The van der Waals surface area contributed by atoms with Crippen molar-refractivity contribution in [2.24, 2.45) is 5.92 Å².